The normalized spacial score (nSPS) is 16.4. The molecule has 1 amide bonds. The van der Waals surface area contributed by atoms with E-state index >= 15 is 0 Å². The molecule has 1 saturated heterocycles. The highest BCUT2D eigenvalue weighted by Crippen LogP contribution is 2.11. The average molecular weight is 297 g/mol. The Kier molecular flexibility index (Phi) is 10.5. The first-order valence-corrected chi connectivity index (χ1v) is 8.98. The lowest BCUT2D eigenvalue weighted by molar-refractivity contribution is -0.133. The van der Waals surface area contributed by atoms with Crippen LogP contribution in [0.25, 0.3) is 0 Å². The van der Waals surface area contributed by atoms with E-state index in [9.17, 15) is 4.79 Å². The molecular formula is C17H35N3O. The number of amides is 1. The lowest BCUT2D eigenvalue weighted by Crippen LogP contribution is -2.49. The summed E-state index contributed by atoms with van der Waals surface area (Å²) in [6.45, 7) is 7.92. The summed E-state index contributed by atoms with van der Waals surface area (Å²) >= 11 is 0. The Labute approximate surface area is 131 Å². The molecule has 0 aliphatic carbocycles. The number of carbonyl (C=O) groups excluding carboxylic acids is 1. The number of nitrogens with zero attached hydrogens (tertiary/aromatic N) is 2. The zero-order valence-electron chi connectivity index (χ0n) is 14.0. The quantitative estimate of drug-likeness (QED) is 0.596. The molecule has 0 radical (unpaired) electrons. The van der Waals surface area contributed by atoms with E-state index in [1.165, 1.54) is 38.5 Å². The van der Waals surface area contributed by atoms with E-state index < -0.39 is 0 Å². The zero-order chi connectivity index (χ0) is 15.3. The zero-order valence-corrected chi connectivity index (χ0v) is 14.0. The van der Waals surface area contributed by atoms with Gasteiger partial charge in [0.2, 0.25) is 5.91 Å². The Morgan fingerprint density at radius 2 is 1.52 bits per heavy atom. The van der Waals surface area contributed by atoms with Gasteiger partial charge >= 0.3 is 0 Å². The lowest BCUT2D eigenvalue weighted by Gasteiger charge is -2.34. The van der Waals surface area contributed by atoms with Crippen molar-refractivity contribution in [1.29, 1.82) is 0 Å². The van der Waals surface area contributed by atoms with Gasteiger partial charge in [-0.3, -0.25) is 9.69 Å². The summed E-state index contributed by atoms with van der Waals surface area (Å²) in [7, 11) is 0. The van der Waals surface area contributed by atoms with E-state index in [1.54, 1.807) is 0 Å². The van der Waals surface area contributed by atoms with Crippen molar-refractivity contribution in [3.05, 3.63) is 0 Å². The van der Waals surface area contributed by atoms with Crippen LogP contribution in [0.1, 0.15) is 64.7 Å². The highest BCUT2D eigenvalue weighted by molar-refractivity contribution is 5.76. The number of nitrogens with two attached hydrogens (primary N) is 1. The van der Waals surface area contributed by atoms with E-state index in [1.807, 2.05) is 0 Å². The lowest BCUT2D eigenvalue weighted by atomic mass is 10.1. The predicted molar refractivity (Wildman–Crippen MR) is 89.3 cm³/mol. The minimum atomic E-state index is 0.363. The third-order valence-corrected chi connectivity index (χ3v) is 4.40. The number of piperazine rings is 1. The predicted octanol–water partition coefficient (Wildman–Crippen LogP) is 2.62. The van der Waals surface area contributed by atoms with Gasteiger partial charge in [-0.1, -0.05) is 45.4 Å². The van der Waals surface area contributed by atoms with Crippen LogP contribution in [0, 0.1) is 0 Å². The molecule has 1 rings (SSSR count). The van der Waals surface area contributed by atoms with Crippen LogP contribution in [0.3, 0.4) is 0 Å². The van der Waals surface area contributed by atoms with Crippen LogP contribution in [0.4, 0.5) is 0 Å². The summed E-state index contributed by atoms with van der Waals surface area (Å²) in [5, 5.41) is 0. The number of unbranched alkanes of at least 4 members (excludes halogenated alkanes) is 6. The Balaban J connectivity index is 2.00. The van der Waals surface area contributed by atoms with Gasteiger partial charge < -0.3 is 10.6 Å². The van der Waals surface area contributed by atoms with Gasteiger partial charge in [-0.05, 0) is 25.9 Å². The van der Waals surface area contributed by atoms with Crippen LogP contribution in [-0.2, 0) is 4.79 Å². The van der Waals surface area contributed by atoms with Gasteiger partial charge in [-0.15, -0.1) is 0 Å². The third-order valence-electron chi connectivity index (χ3n) is 4.40. The topological polar surface area (TPSA) is 49.6 Å². The van der Waals surface area contributed by atoms with E-state index in [0.717, 1.165) is 58.5 Å². The molecule has 2 N–H and O–H groups in total. The Morgan fingerprint density at radius 1 is 0.905 bits per heavy atom. The molecule has 0 aromatic rings. The standard InChI is InChI=1S/C17H35N3O/c1-2-3-4-5-6-7-8-10-17(21)20-15-13-19(14-16-20)12-9-11-18/h2-16,18H2,1H3. The van der Waals surface area contributed by atoms with Crippen molar-refractivity contribution < 1.29 is 4.79 Å². The second-order valence-electron chi connectivity index (χ2n) is 6.24. The maximum Gasteiger partial charge on any atom is 0.222 e. The molecule has 4 heteroatoms. The van der Waals surface area contributed by atoms with Gasteiger partial charge in [0.05, 0.1) is 0 Å². The van der Waals surface area contributed by atoms with Crippen molar-refractivity contribution in [2.24, 2.45) is 5.73 Å². The first-order chi connectivity index (χ1) is 10.3. The van der Waals surface area contributed by atoms with Gasteiger partial charge in [0, 0.05) is 32.6 Å². The maximum atomic E-state index is 12.1. The molecule has 21 heavy (non-hydrogen) atoms. The van der Waals surface area contributed by atoms with Crippen LogP contribution in [-0.4, -0.2) is 55.0 Å². The minimum absolute atomic E-state index is 0.363. The fourth-order valence-corrected chi connectivity index (χ4v) is 2.93. The van der Waals surface area contributed by atoms with Crippen LogP contribution in [0.5, 0.6) is 0 Å². The summed E-state index contributed by atoms with van der Waals surface area (Å²) in [4.78, 5) is 16.6. The van der Waals surface area contributed by atoms with Gasteiger partial charge in [-0.25, -0.2) is 0 Å². The highest BCUT2D eigenvalue weighted by atomic mass is 16.2. The summed E-state index contributed by atoms with van der Waals surface area (Å²) in [6, 6.07) is 0. The van der Waals surface area contributed by atoms with E-state index in [0.29, 0.717) is 5.91 Å². The molecule has 0 spiro atoms. The SMILES string of the molecule is CCCCCCCCCC(=O)N1CCN(CCCN)CC1. The van der Waals surface area contributed by atoms with Gasteiger partial charge in [0.25, 0.3) is 0 Å². The number of hydrogen-bond acceptors (Lipinski definition) is 3. The van der Waals surface area contributed by atoms with Gasteiger partial charge in [0.15, 0.2) is 0 Å². The fraction of sp³-hybridized carbons (Fsp3) is 0.941. The summed E-state index contributed by atoms with van der Waals surface area (Å²) in [5.41, 5.74) is 5.54. The summed E-state index contributed by atoms with van der Waals surface area (Å²) in [6.07, 6.45) is 10.7. The van der Waals surface area contributed by atoms with Gasteiger partial charge in [-0.2, -0.15) is 0 Å². The van der Waals surface area contributed by atoms with E-state index in [2.05, 4.69) is 16.7 Å². The molecule has 0 aromatic carbocycles. The minimum Gasteiger partial charge on any atom is -0.340 e. The smallest absolute Gasteiger partial charge is 0.222 e. The fourth-order valence-electron chi connectivity index (χ4n) is 2.93. The van der Waals surface area contributed by atoms with Crippen LogP contribution in [0.2, 0.25) is 0 Å². The van der Waals surface area contributed by atoms with Crippen molar-refractivity contribution in [2.75, 3.05) is 39.3 Å². The molecule has 0 atom stereocenters. The molecule has 1 heterocycles. The van der Waals surface area contributed by atoms with Crippen molar-refractivity contribution in [2.45, 2.75) is 64.7 Å². The monoisotopic (exact) mass is 297 g/mol. The second kappa shape index (κ2) is 12.0. The second-order valence-corrected chi connectivity index (χ2v) is 6.24. The molecule has 1 fully saturated rings. The van der Waals surface area contributed by atoms with Crippen molar-refractivity contribution in [3.63, 3.8) is 0 Å². The van der Waals surface area contributed by atoms with E-state index in [4.69, 9.17) is 5.73 Å². The Bertz CT molecular complexity index is 263. The van der Waals surface area contributed by atoms with Crippen LogP contribution in [0.15, 0.2) is 0 Å². The third kappa shape index (κ3) is 8.42. The highest BCUT2D eigenvalue weighted by Gasteiger charge is 2.19. The maximum absolute atomic E-state index is 12.1. The van der Waals surface area contributed by atoms with Crippen molar-refractivity contribution >= 4 is 5.91 Å². The number of rotatable bonds is 11. The van der Waals surface area contributed by atoms with Crippen LogP contribution >= 0.6 is 0 Å². The number of hydrogen-bond donors (Lipinski definition) is 1. The molecular weight excluding hydrogens is 262 g/mol. The first kappa shape index (κ1) is 18.4. The largest absolute Gasteiger partial charge is 0.340 e. The Morgan fingerprint density at radius 3 is 2.14 bits per heavy atom. The van der Waals surface area contributed by atoms with Crippen molar-refractivity contribution in [1.82, 2.24) is 9.80 Å². The molecule has 0 unspecified atom stereocenters. The molecule has 4 nitrogen and oxygen atoms in total. The average Bonchev–Trinajstić information content (AvgIpc) is 2.52. The molecule has 1 aliphatic rings. The van der Waals surface area contributed by atoms with Gasteiger partial charge in [0.1, 0.15) is 0 Å². The summed E-state index contributed by atoms with van der Waals surface area (Å²) in [5.74, 6) is 0.363. The molecule has 124 valence electrons. The Hall–Kier alpha value is -0.610. The molecule has 0 bridgehead atoms. The van der Waals surface area contributed by atoms with E-state index in [-0.39, 0.29) is 0 Å². The molecule has 0 aromatic heterocycles. The van der Waals surface area contributed by atoms with Crippen LogP contribution < -0.4 is 5.73 Å². The molecule has 0 saturated carbocycles. The number of carbonyl (C=O) groups is 1. The first-order valence-electron chi connectivity index (χ1n) is 8.98. The molecule has 1 aliphatic heterocycles. The van der Waals surface area contributed by atoms with Crippen molar-refractivity contribution in [3.8, 4) is 0 Å². The summed E-state index contributed by atoms with van der Waals surface area (Å²) < 4.78 is 0.